The van der Waals surface area contributed by atoms with Crippen LogP contribution in [-0.4, -0.2) is 28.7 Å². The number of esters is 2. The minimum Gasteiger partial charge on any atom is -0.442 e. The summed E-state index contributed by atoms with van der Waals surface area (Å²) < 4.78 is 11.9. The van der Waals surface area contributed by atoms with Crippen molar-refractivity contribution in [1.82, 2.24) is 0 Å². The van der Waals surface area contributed by atoms with Crippen LogP contribution in [0.1, 0.15) is 111 Å². The number of carbonyl (C=O) groups excluding carboxylic acids is 2. The third-order valence-electron chi connectivity index (χ3n) is 9.88. The molecule has 0 aliphatic heterocycles. The highest BCUT2D eigenvalue weighted by Crippen LogP contribution is 2.65. The maximum Gasteiger partial charge on any atom is 0.338 e. The first-order valence-electron chi connectivity index (χ1n) is 15.3. The summed E-state index contributed by atoms with van der Waals surface area (Å²) in [6.45, 7) is 22.9. The van der Waals surface area contributed by atoms with Crippen molar-refractivity contribution >= 4 is 11.9 Å². The van der Waals surface area contributed by atoms with Gasteiger partial charge in [-0.3, -0.25) is 0 Å². The maximum absolute atomic E-state index is 13.1. The van der Waals surface area contributed by atoms with Gasteiger partial charge in [0.1, 0.15) is 5.75 Å². The molecule has 1 aromatic rings. The van der Waals surface area contributed by atoms with Crippen LogP contribution in [0.3, 0.4) is 0 Å². The van der Waals surface area contributed by atoms with Gasteiger partial charge in [-0.1, -0.05) is 44.9 Å². The van der Waals surface area contributed by atoms with E-state index in [9.17, 15) is 9.59 Å². The Bertz CT molecular complexity index is 1330. The molecule has 6 nitrogen and oxygen atoms in total. The van der Waals surface area contributed by atoms with Crippen molar-refractivity contribution in [3.8, 4) is 17.6 Å². The monoisotopic (exact) mass is 576 g/mol. The van der Waals surface area contributed by atoms with Gasteiger partial charge < -0.3 is 9.47 Å². The molecular weight excluding hydrogens is 528 g/mol. The third-order valence-corrected chi connectivity index (χ3v) is 9.88. The highest BCUT2D eigenvalue weighted by Gasteiger charge is 2.64. The van der Waals surface area contributed by atoms with Crippen LogP contribution in [0.15, 0.2) is 42.5 Å². The highest BCUT2D eigenvalue weighted by molar-refractivity contribution is 5.89. The van der Waals surface area contributed by atoms with Gasteiger partial charge in [0.15, 0.2) is 11.2 Å². The molecule has 2 fully saturated rings. The summed E-state index contributed by atoms with van der Waals surface area (Å²) in [6, 6.07) is 6.05. The minimum absolute atomic E-state index is 0.319. The number of benzene rings is 1. The molecule has 0 aromatic heterocycles. The van der Waals surface area contributed by atoms with Gasteiger partial charge in [-0.05, 0) is 128 Å². The molecule has 42 heavy (non-hydrogen) atoms. The molecule has 5 unspecified atom stereocenters. The summed E-state index contributed by atoms with van der Waals surface area (Å²) in [5.41, 5.74) is 0.754. The lowest BCUT2D eigenvalue weighted by molar-refractivity contribution is -0.388. The standard InChI is InChI=1S/C36H48O6/c1-11-33(6,7)41-42-34(8,9)20-21-36(40-32(38)24(4)5)19-17-30-29-14-12-25-22-26(39-31(37)23(2)3)13-15-27(25)28(29)16-18-35(30,36)10/h13,15,22,28-30H,2,4,11-12,14,16-19H2,1,3,5-10H3. The molecule has 0 bridgehead atoms. The van der Waals surface area contributed by atoms with Crippen molar-refractivity contribution in [2.45, 2.75) is 123 Å². The molecule has 0 amide bonds. The number of fused-ring (bicyclic) bond motifs is 5. The minimum atomic E-state index is -0.944. The van der Waals surface area contributed by atoms with Crippen LogP contribution in [0.5, 0.6) is 5.75 Å². The van der Waals surface area contributed by atoms with E-state index in [4.69, 9.17) is 19.2 Å². The molecular formula is C36H48O6. The normalized spacial score (nSPS) is 28.3. The Morgan fingerprint density at radius 3 is 2.33 bits per heavy atom. The molecule has 0 saturated heterocycles. The van der Waals surface area contributed by atoms with E-state index in [1.807, 2.05) is 46.8 Å². The van der Waals surface area contributed by atoms with Crippen molar-refractivity contribution in [1.29, 1.82) is 0 Å². The van der Waals surface area contributed by atoms with Crippen LogP contribution in [0.2, 0.25) is 0 Å². The van der Waals surface area contributed by atoms with Crippen LogP contribution >= 0.6 is 0 Å². The molecule has 3 aliphatic rings. The molecule has 0 radical (unpaired) electrons. The number of hydrogen-bond acceptors (Lipinski definition) is 6. The average molecular weight is 577 g/mol. The largest absolute Gasteiger partial charge is 0.442 e. The first-order chi connectivity index (χ1) is 19.5. The van der Waals surface area contributed by atoms with Crippen LogP contribution in [0, 0.1) is 29.1 Å². The summed E-state index contributed by atoms with van der Waals surface area (Å²) in [5, 5.41) is 0. The van der Waals surface area contributed by atoms with Gasteiger partial charge in [0.05, 0.1) is 5.60 Å². The molecule has 6 heteroatoms. The number of rotatable bonds is 8. The van der Waals surface area contributed by atoms with Gasteiger partial charge in [-0.15, -0.1) is 0 Å². The van der Waals surface area contributed by atoms with E-state index < -0.39 is 28.7 Å². The van der Waals surface area contributed by atoms with E-state index in [0.29, 0.717) is 41.1 Å². The lowest BCUT2D eigenvalue weighted by Gasteiger charge is -2.52. The van der Waals surface area contributed by atoms with Crippen molar-refractivity contribution in [2.24, 2.45) is 17.3 Å². The van der Waals surface area contributed by atoms with Crippen molar-refractivity contribution < 1.29 is 28.8 Å². The predicted octanol–water partition coefficient (Wildman–Crippen LogP) is 7.80. The van der Waals surface area contributed by atoms with E-state index in [1.165, 1.54) is 11.1 Å². The molecule has 1 aromatic carbocycles. The van der Waals surface area contributed by atoms with E-state index in [0.717, 1.165) is 38.5 Å². The fourth-order valence-electron chi connectivity index (χ4n) is 7.01. The van der Waals surface area contributed by atoms with E-state index in [-0.39, 0.29) is 5.41 Å². The first kappa shape index (κ1) is 32.0. The summed E-state index contributed by atoms with van der Waals surface area (Å²) in [5.74, 6) is 7.74. The molecule has 0 heterocycles. The molecule has 4 rings (SSSR count). The summed E-state index contributed by atoms with van der Waals surface area (Å²) in [7, 11) is 0. The Hall–Kier alpha value is -2.88. The zero-order valence-corrected chi connectivity index (χ0v) is 26.8. The second-order valence-electron chi connectivity index (χ2n) is 14.0. The molecule has 228 valence electrons. The van der Waals surface area contributed by atoms with E-state index in [1.54, 1.807) is 13.8 Å². The number of carbonyl (C=O) groups is 2. The smallest absolute Gasteiger partial charge is 0.338 e. The van der Waals surface area contributed by atoms with E-state index in [2.05, 4.69) is 38.0 Å². The van der Waals surface area contributed by atoms with Crippen LogP contribution in [0.4, 0.5) is 0 Å². The zero-order valence-electron chi connectivity index (χ0n) is 26.8. The maximum atomic E-state index is 13.1. The topological polar surface area (TPSA) is 71.1 Å². The Morgan fingerprint density at radius 2 is 1.69 bits per heavy atom. The second kappa shape index (κ2) is 11.7. The van der Waals surface area contributed by atoms with Crippen LogP contribution < -0.4 is 4.74 Å². The number of ether oxygens (including phenoxy) is 2. The van der Waals surface area contributed by atoms with Crippen molar-refractivity contribution in [3.05, 3.63) is 53.6 Å². The molecule has 3 aliphatic carbocycles. The fraction of sp³-hybridized carbons (Fsp3) is 0.611. The highest BCUT2D eigenvalue weighted by atomic mass is 17.2. The van der Waals surface area contributed by atoms with Crippen molar-refractivity contribution in [3.63, 3.8) is 0 Å². The van der Waals surface area contributed by atoms with Gasteiger partial charge in [0.25, 0.3) is 0 Å². The van der Waals surface area contributed by atoms with Gasteiger partial charge in [0.2, 0.25) is 0 Å². The quantitative estimate of drug-likeness (QED) is 0.0785. The van der Waals surface area contributed by atoms with Crippen LogP contribution in [-0.2, 0) is 30.5 Å². The molecule has 2 saturated carbocycles. The first-order valence-corrected chi connectivity index (χ1v) is 15.3. The number of aryl methyl sites for hydroxylation is 1. The Morgan fingerprint density at radius 1 is 1.00 bits per heavy atom. The summed E-state index contributed by atoms with van der Waals surface area (Å²) >= 11 is 0. The van der Waals surface area contributed by atoms with Crippen LogP contribution in [0.25, 0.3) is 0 Å². The predicted molar refractivity (Wildman–Crippen MR) is 164 cm³/mol. The average Bonchev–Trinajstić information content (AvgIpc) is 3.22. The van der Waals surface area contributed by atoms with Gasteiger partial charge in [0, 0.05) is 16.6 Å². The molecule has 0 N–H and O–H groups in total. The third kappa shape index (κ3) is 6.24. The molecule has 0 spiro atoms. The lowest BCUT2D eigenvalue weighted by Crippen LogP contribution is -2.52. The fourth-order valence-corrected chi connectivity index (χ4v) is 7.01. The Balaban J connectivity index is 1.63. The zero-order chi connectivity index (χ0) is 31.1. The summed E-state index contributed by atoms with van der Waals surface area (Å²) in [4.78, 5) is 36.7. The Kier molecular flexibility index (Phi) is 8.89. The Labute approximate surface area is 252 Å². The van der Waals surface area contributed by atoms with Gasteiger partial charge in [-0.2, -0.15) is 0 Å². The lowest BCUT2D eigenvalue weighted by atomic mass is 9.53. The van der Waals surface area contributed by atoms with Crippen molar-refractivity contribution in [2.75, 3.05) is 0 Å². The van der Waals surface area contributed by atoms with E-state index >= 15 is 0 Å². The van der Waals surface area contributed by atoms with Gasteiger partial charge >= 0.3 is 11.9 Å². The van der Waals surface area contributed by atoms with Gasteiger partial charge in [-0.25, -0.2) is 19.4 Å². The number of hydrogen-bond donors (Lipinski definition) is 0. The second-order valence-corrected chi connectivity index (χ2v) is 14.0. The SMILES string of the molecule is C=C(C)C(=O)Oc1ccc2c(c1)CCC1C2CCC2(C)C1CCC2(C#CC(C)(C)OOC(C)(C)CC)OC(=O)C(=C)C. The molecule has 5 atom stereocenters. The summed E-state index contributed by atoms with van der Waals surface area (Å²) in [6.07, 6.45) is 6.19.